The normalized spacial score (nSPS) is 21.2. The van der Waals surface area contributed by atoms with Crippen LogP contribution in [0.3, 0.4) is 0 Å². The molecule has 2 nitrogen and oxygen atoms in total. The Hall–Kier alpha value is -0.540. The maximum Gasteiger partial charge on any atom is 0.0642 e. The van der Waals surface area contributed by atoms with Crippen molar-refractivity contribution in [3.63, 3.8) is 0 Å². The summed E-state index contributed by atoms with van der Waals surface area (Å²) in [7, 11) is 0. The summed E-state index contributed by atoms with van der Waals surface area (Å²) in [6, 6.07) is 6.76. The number of morpholine rings is 1. The second-order valence-electron chi connectivity index (χ2n) is 4.58. The molecule has 1 aliphatic carbocycles. The van der Waals surface area contributed by atoms with Crippen molar-refractivity contribution in [3.8, 4) is 0 Å². The van der Waals surface area contributed by atoms with Crippen LogP contribution < -0.4 is 4.90 Å². The molecule has 0 bridgehead atoms. The molecule has 0 unspecified atom stereocenters. The molecule has 0 aromatic heterocycles. The Labute approximate surface area is 105 Å². The first-order valence-electron chi connectivity index (χ1n) is 5.97. The highest BCUT2D eigenvalue weighted by atomic mass is 79.9. The van der Waals surface area contributed by atoms with Crippen molar-refractivity contribution in [2.24, 2.45) is 0 Å². The number of benzene rings is 1. The topological polar surface area (TPSA) is 12.5 Å². The number of halogens is 1. The number of rotatable bonds is 2. The van der Waals surface area contributed by atoms with Gasteiger partial charge in [0, 0.05) is 23.2 Å². The zero-order valence-corrected chi connectivity index (χ0v) is 10.9. The molecule has 0 radical (unpaired) electrons. The molecule has 1 aliphatic heterocycles. The van der Waals surface area contributed by atoms with E-state index in [2.05, 4.69) is 39.0 Å². The van der Waals surface area contributed by atoms with E-state index in [0.29, 0.717) is 0 Å². The number of ether oxygens (including phenoxy) is 1. The number of hydrogen-bond donors (Lipinski definition) is 0. The monoisotopic (exact) mass is 281 g/mol. The van der Waals surface area contributed by atoms with E-state index in [1.807, 2.05) is 0 Å². The zero-order valence-electron chi connectivity index (χ0n) is 9.29. The molecule has 2 fully saturated rings. The number of nitrogens with zero attached hydrogens (tertiary/aromatic N) is 1. The van der Waals surface area contributed by atoms with Crippen molar-refractivity contribution in [3.05, 3.63) is 28.2 Å². The first-order valence-corrected chi connectivity index (χ1v) is 6.76. The lowest BCUT2D eigenvalue weighted by molar-refractivity contribution is 0.122. The van der Waals surface area contributed by atoms with E-state index in [4.69, 9.17) is 4.74 Å². The Morgan fingerprint density at radius 1 is 1.19 bits per heavy atom. The van der Waals surface area contributed by atoms with E-state index in [9.17, 15) is 0 Å². The summed E-state index contributed by atoms with van der Waals surface area (Å²) in [4.78, 5) is 2.42. The van der Waals surface area contributed by atoms with Gasteiger partial charge in [-0.25, -0.2) is 0 Å². The highest BCUT2D eigenvalue weighted by Gasteiger charge is 2.26. The highest BCUT2D eigenvalue weighted by Crippen LogP contribution is 2.44. The third-order valence-corrected chi connectivity index (χ3v) is 4.10. The molecular weight excluding hydrogens is 266 g/mol. The highest BCUT2D eigenvalue weighted by molar-refractivity contribution is 9.10. The summed E-state index contributed by atoms with van der Waals surface area (Å²) < 4.78 is 6.65. The van der Waals surface area contributed by atoms with Crippen LogP contribution in [0.2, 0.25) is 0 Å². The summed E-state index contributed by atoms with van der Waals surface area (Å²) in [6.45, 7) is 3.75. The van der Waals surface area contributed by atoms with Gasteiger partial charge in [0.05, 0.1) is 13.2 Å². The van der Waals surface area contributed by atoms with E-state index in [1.165, 1.54) is 28.6 Å². The van der Waals surface area contributed by atoms with Crippen LogP contribution in [0.5, 0.6) is 0 Å². The molecular formula is C13H16BrNO. The third-order valence-electron chi connectivity index (χ3n) is 3.37. The van der Waals surface area contributed by atoms with Gasteiger partial charge in [0.15, 0.2) is 0 Å². The van der Waals surface area contributed by atoms with Gasteiger partial charge in [0.1, 0.15) is 0 Å². The van der Waals surface area contributed by atoms with Gasteiger partial charge in [0.2, 0.25) is 0 Å². The average molecular weight is 282 g/mol. The largest absolute Gasteiger partial charge is 0.378 e. The molecule has 1 saturated heterocycles. The van der Waals surface area contributed by atoms with Crippen LogP contribution in [0, 0.1) is 0 Å². The van der Waals surface area contributed by atoms with Gasteiger partial charge < -0.3 is 9.64 Å². The third kappa shape index (κ3) is 2.11. The smallest absolute Gasteiger partial charge is 0.0642 e. The fourth-order valence-electron chi connectivity index (χ4n) is 2.26. The van der Waals surface area contributed by atoms with Crippen molar-refractivity contribution in [2.45, 2.75) is 18.8 Å². The summed E-state index contributed by atoms with van der Waals surface area (Å²) in [6.07, 6.45) is 2.70. The quantitative estimate of drug-likeness (QED) is 0.826. The molecule has 2 aliphatic rings. The fraction of sp³-hybridized carbons (Fsp3) is 0.538. The second-order valence-corrected chi connectivity index (χ2v) is 5.43. The van der Waals surface area contributed by atoms with Gasteiger partial charge >= 0.3 is 0 Å². The minimum Gasteiger partial charge on any atom is -0.378 e. The zero-order chi connectivity index (χ0) is 11.0. The average Bonchev–Trinajstić information content (AvgIpc) is 3.15. The molecule has 1 saturated carbocycles. The standard InChI is InChI=1S/C13H16BrNO/c14-13-4-3-11(9-12(13)10-1-2-10)15-5-7-16-8-6-15/h3-4,9-10H,1-2,5-8H2. The summed E-state index contributed by atoms with van der Waals surface area (Å²) in [5.41, 5.74) is 2.84. The molecule has 86 valence electrons. The summed E-state index contributed by atoms with van der Waals surface area (Å²) in [5.74, 6) is 0.801. The minimum absolute atomic E-state index is 0.801. The molecule has 0 amide bonds. The van der Waals surface area contributed by atoms with Gasteiger partial charge in [0.25, 0.3) is 0 Å². The second kappa shape index (κ2) is 4.38. The molecule has 3 rings (SSSR count). The lowest BCUT2D eigenvalue weighted by atomic mass is 10.1. The van der Waals surface area contributed by atoms with Crippen LogP contribution in [-0.4, -0.2) is 26.3 Å². The van der Waals surface area contributed by atoms with E-state index in [0.717, 1.165) is 32.2 Å². The molecule has 0 spiro atoms. The van der Waals surface area contributed by atoms with Crippen LogP contribution >= 0.6 is 15.9 Å². The lowest BCUT2D eigenvalue weighted by Gasteiger charge is -2.29. The molecule has 3 heteroatoms. The molecule has 1 aromatic carbocycles. The first kappa shape index (κ1) is 10.6. The first-order chi connectivity index (χ1) is 7.84. The Bertz CT molecular complexity index is 384. The van der Waals surface area contributed by atoms with Crippen molar-refractivity contribution in [2.75, 3.05) is 31.2 Å². The van der Waals surface area contributed by atoms with E-state index < -0.39 is 0 Å². The summed E-state index contributed by atoms with van der Waals surface area (Å²) >= 11 is 3.65. The Morgan fingerprint density at radius 2 is 1.94 bits per heavy atom. The predicted octanol–water partition coefficient (Wildman–Crippen LogP) is 3.16. The van der Waals surface area contributed by atoms with Crippen LogP contribution in [-0.2, 0) is 4.74 Å². The van der Waals surface area contributed by atoms with E-state index in [1.54, 1.807) is 0 Å². The molecule has 1 aromatic rings. The van der Waals surface area contributed by atoms with Crippen LogP contribution in [0.15, 0.2) is 22.7 Å². The maximum atomic E-state index is 5.38. The van der Waals surface area contributed by atoms with Gasteiger partial charge in [-0.1, -0.05) is 15.9 Å². The van der Waals surface area contributed by atoms with E-state index >= 15 is 0 Å². The minimum atomic E-state index is 0.801. The number of hydrogen-bond acceptors (Lipinski definition) is 2. The molecule has 0 atom stereocenters. The van der Waals surface area contributed by atoms with Crippen LogP contribution in [0.1, 0.15) is 24.3 Å². The van der Waals surface area contributed by atoms with Gasteiger partial charge in [-0.3, -0.25) is 0 Å². The van der Waals surface area contributed by atoms with Crippen molar-refractivity contribution < 1.29 is 4.74 Å². The van der Waals surface area contributed by atoms with Crippen molar-refractivity contribution in [1.82, 2.24) is 0 Å². The molecule has 1 heterocycles. The van der Waals surface area contributed by atoms with Crippen molar-refractivity contribution >= 4 is 21.6 Å². The predicted molar refractivity (Wildman–Crippen MR) is 69.1 cm³/mol. The van der Waals surface area contributed by atoms with Crippen LogP contribution in [0.25, 0.3) is 0 Å². The van der Waals surface area contributed by atoms with Gasteiger partial charge in [-0.2, -0.15) is 0 Å². The Balaban J connectivity index is 1.85. The molecule has 16 heavy (non-hydrogen) atoms. The summed E-state index contributed by atoms with van der Waals surface area (Å²) in [5, 5.41) is 0. The maximum absolute atomic E-state index is 5.38. The molecule has 0 N–H and O–H groups in total. The van der Waals surface area contributed by atoms with Crippen LogP contribution in [0.4, 0.5) is 5.69 Å². The van der Waals surface area contributed by atoms with Gasteiger partial charge in [-0.15, -0.1) is 0 Å². The Morgan fingerprint density at radius 3 is 2.62 bits per heavy atom. The SMILES string of the molecule is Brc1ccc(N2CCOCC2)cc1C1CC1. The van der Waals surface area contributed by atoms with Crippen molar-refractivity contribution in [1.29, 1.82) is 0 Å². The Kier molecular flexibility index (Phi) is 2.90. The van der Waals surface area contributed by atoms with E-state index in [-0.39, 0.29) is 0 Å². The fourth-order valence-corrected chi connectivity index (χ4v) is 2.83. The van der Waals surface area contributed by atoms with Gasteiger partial charge in [-0.05, 0) is 42.5 Å². The number of anilines is 1. The lowest BCUT2D eigenvalue weighted by Crippen LogP contribution is -2.36.